The smallest absolute Gasteiger partial charge is 0.452 e. The summed E-state index contributed by atoms with van der Waals surface area (Å²) in [4.78, 5) is 70.5. The second-order valence-electron chi connectivity index (χ2n) is 18.9. The molecule has 0 spiro atoms. The van der Waals surface area contributed by atoms with Crippen molar-refractivity contribution in [2.45, 2.75) is 138 Å². The van der Waals surface area contributed by atoms with Crippen LogP contribution in [0.3, 0.4) is 0 Å². The zero-order valence-corrected chi connectivity index (χ0v) is 39.4. The number of ketones is 1. The minimum Gasteiger partial charge on any atom is -0.507 e. The molecular weight excluding hydrogens is 893 g/mol. The van der Waals surface area contributed by atoms with Crippen LogP contribution in [-0.4, -0.2) is 83.9 Å². The number of nitrogens with zero attached hydrogens (tertiary/aromatic N) is 1. The van der Waals surface area contributed by atoms with Crippen LogP contribution in [0, 0.1) is 11.8 Å². The second-order valence-corrected chi connectivity index (χ2v) is 22.1. The first-order chi connectivity index (χ1) is 29.6. The minimum absolute atomic E-state index is 0.00581. The number of carbonyl (C=O) groups excluding carboxylic acids is 5. The maximum atomic E-state index is 15.0. The van der Waals surface area contributed by atoms with Crippen molar-refractivity contribution in [2.75, 3.05) is 5.75 Å². The number of amides is 4. The first-order valence-corrected chi connectivity index (χ1v) is 23.9. The van der Waals surface area contributed by atoms with Gasteiger partial charge in [0.15, 0.2) is 0 Å². The van der Waals surface area contributed by atoms with Gasteiger partial charge in [-0.3, -0.25) is 24.0 Å². The zero-order chi connectivity index (χ0) is 47.7. The van der Waals surface area contributed by atoms with Gasteiger partial charge in [0.25, 0.3) is 27.6 Å². The summed E-state index contributed by atoms with van der Waals surface area (Å²) < 4.78 is 68.6. The Kier molecular flexibility index (Phi) is 15.3. The summed E-state index contributed by atoms with van der Waals surface area (Å²) in [6, 6.07) is 8.98. The van der Waals surface area contributed by atoms with Crippen molar-refractivity contribution in [3.63, 3.8) is 0 Å². The Labute approximate surface area is 381 Å². The number of aromatic hydroxyl groups is 1. The molecule has 4 N–H and O–H groups in total. The lowest BCUT2D eigenvalue weighted by Gasteiger charge is -2.36. The summed E-state index contributed by atoms with van der Waals surface area (Å²) in [5, 5.41) is 16.8. The maximum Gasteiger partial charge on any atom is 0.452 e. The van der Waals surface area contributed by atoms with Gasteiger partial charge in [0.05, 0.1) is 10.9 Å². The van der Waals surface area contributed by atoms with Crippen LogP contribution in [0.2, 0.25) is 5.02 Å². The van der Waals surface area contributed by atoms with Gasteiger partial charge in [-0.05, 0) is 103 Å². The molecule has 5 rings (SSSR count). The number of sulfonamides is 1. The predicted molar refractivity (Wildman–Crippen MR) is 239 cm³/mol. The fourth-order valence-corrected chi connectivity index (χ4v) is 10.3. The molecule has 5 atom stereocenters. The van der Waals surface area contributed by atoms with Crippen LogP contribution in [0.1, 0.15) is 119 Å². The largest absolute Gasteiger partial charge is 0.507 e. The van der Waals surface area contributed by atoms with Crippen LogP contribution < -0.4 is 15.4 Å². The summed E-state index contributed by atoms with van der Waals surface area (Å²) in [5.74, 6) is -6.36. The number of carbonyl (C=O) groups is 5. The van der Waals surface area contributed by atoms with Gasteiger partial charge in [-0.15, -0.1) is 11.8 Å². The Bertz CT molecular complexity index is 2330. The highest BCUT2D eigenvalue weighted by molar-refractivity contribution is 7.99. The van der Waals surface area contributed by atoms with E-state index in [1.165, 1.54) is 79.0 Å². The third-order valence-electron chi connectivity index (χ3n) is 11.7. The fourth-order valence-electron chi connectivity index (χ4n) is 8.21. The highest BCUT2D eigenvalue weighted by Crippen LogP contribution is 2.43. The van der Waals surface area contributed by atoms with Crippen LogP contribution in [0.25, 0.3) is 0 Å². The van der Waals surface area contributed by atoms with E-state index in [0.29, 0.717) is 33.9 Å². The van der Waals surface area contributed by atoms with Crippen LogP contribution in [0.4, 0.5) is 13.2 Å². The summed E-state index contributed by atoms with van der Waals surface area (Å²) >= 11 is 7.10. The molecule has 1 saturated carbocycles. The standard InChI is InChI=1S/C46H56ClF3N4O8S2/c1-25(2)37(39(56)46(48,49)50)52-42(59)36-21-28-11-9-10-12-35(28)54(36)43(60)34(24-63-30-22-32(44(3,4)5)38(55)33(23-30)45(6,7)8)51-40(57)26-13-15-27(16-14-26)41(58)53-64(61,62)31-19-17-29(47)18-20-31/h13-20,22-23,25,28,34-37,55H,9-12,21,24H2,1-8H3,(H,51,57)(H,52,59)(H,53,58)/t28-,34-,35-,36-,37-/m0/s1. The number of hydrogen-bond acceptors (Lipinski definition) is 9. The van der Waals surface area contributed by atoms with Crippen LogP contribution >= 0.6 is 23.4 Å². The molecule has 1 aliphatic carbocycles. The van der Waals surface area contributed by atoms with Gasteiger partial charge in [0.1, 0.15) is 17.8 Å². The molecule has 3 aromatic carbocycles. The summed E-state index contributed by atoms with van der Waals surface area (Å²) in [6.45, 7) is 14.5. The van der Waals surface area contributed by atoms with Crippen molar-refractivity contribution >= 4 is 62.8 Å². The van der Waals surface area contributed by atoms with E-state index in [1.807, 2.05) is 58.4 Å². The van der Waals surface area contributed by atoms with E-state index in [-0.39, 0.29) is 39.9 Å². The lowest BCUT2D eigenvalue weighted by Crippen LogP contribution is -2.59. The van der Waals surface area contributed by atoms with E-state index in [1.54, 1.807) is 0 Å². The second kappa shape index (κ2) is 19.5. The number of likely N-dealkylation sites (tertiary alicyclic amines) is 1. The molecule has 3 aromatic rings. The molecule has 2 fully saturated rings. The van der Waals surface area contributed by atoms with E-state index < -0.39 is 86.5 Å². The third kappa shape index (κ3) is 11.8. The van der Waals surface area contributed by atoms with E-state index in [2.05, 4.69) is 10.6 Å². The normalized spacial score (nSPS) is 19.1. The summed E-state index contributed by atoms with van der Waals surface area (Å²) in [7, 11) is -4.27. The number of thioether (sulfide) groups is 1. The van der Waals surface area contributed by atoms with Crippen molar-refractivity contribution < 1.29 is 50.7 Å². The molecular formula is C46H56ClF3N4O8S2. The molecule has 0 aromatic heterocycles. The molecule has 18 heteroatoms. The highest BCUT2D eigenvalue weighted by Gasteiger charge is 2.51. The average molecular weight is 950 g/mol. The topological polar surface area (TPSA) is 179 Å². The summed E-state index contributed by atoms with van der Waals surface area (Å²) in [6.07, 6.45) is -2.32. The van der Waals surface area contributed by atoms with Crippen LogP contribution in [0.15, 0.2) is 70.5 Å². The molecule has 1 saturated heterocycles. The average Bonchev–Trinajstić information content (AvgIpc) is 3.60. The van der Waals surface area contributed by atoms with Gasteiger partial charge in [-0.25, -0.2) is 13.1 Å². The maximum absolute atomic E-state index is 15.0. The molecule has 64 heavy (non-hydrogen) atoms. The molecule has 4 amide bonds. The Morgan fingerprint density at radius 3 is 1.88 bits per heavy atom. The molecule has 348 valence electrons. The van der Waals surface area contributed by atoms with E-state index in [4.69, 9.17) is 11.6 Å². The van der Waals surface area contributed by atoms with Crippen LogP contribution in [-0.2, 0) is 35.2 Å². The third-order valence-corrected chi connectivity index (χ3v) is 14.3. The van der Waals surface area contributed by atoms with E-state index in [9.17, 15) is 45.9 Å². The van der Waals surface area contributed by atoms with Gasteiger partial charge in [-0.2, -0.15) is 13.2 Å². The molecule has 1 heterocycles. The number of rotatable bonds is 13. The van der Waals surface area contributed by atoms with E-state index >= 15 is 4.79 Å². The van der Waals surface area contributed by atoms with Crippen LogP contribution in [0.5, 0.6) is 5.75 Å². The number of phenolic OH excluding ortho intramolecular Hbond substituents is 1. The quantitative estimate of drug-likeness (QED) is 0.123. The first kappa shape index (κ1) is 50.4. The van der Waals surface area contributed by atoms with Gasteiger partial charge in [-0.1, -0.05) is 79.8 Å². The van der Waals surface area contributed by atoms with Gasteiger partial charge >= 0.3 is 6.18 Å². The highest BCUT2D eigenvalue weighted by atomic mass is 35.5. The summed E-state index contributed by atoms with van der Waals surface area (Å²) in [5.41, 5.74) is 0.266. The van der Waals surface area contributed by atoms with Crippen molar-refractivity contribution in [1.29, 1.82) is 0 Å². The van der Waals surface area contributed by atoms with Crippen molar-refractivity contribution in [3.05, 3.63) is 87.9 Å². The fraction of sp³-hybridized carbons (Fsp3) is 0.500. The minimum atomic E-state index is -5.21. The number of Topliss-reactive ketones (excluding diaryl/α,β-unsaturated/α-hetero) is 1. The SMILES string of the molecule is CC(C)[C@H](NC(=O)[C@@H]1C[C@@H]2CCCC[C@@H]2N1C(=O)[C@H](CSc1cc(C(C)(C)C)c(O)c(C(C)(C)C)c1)NC(=O)c1ccc(C(=O)NS(=O)(=O)c2ccc(Cl)cc2)cc1)C(=O)C(F)(F)F. The molecule has 1 aliphatic heterocycles. The lowest BCUT2D eigenvalue weighted by molar-refractivity contribution is -0.175. The van der Waals surface area contributed by atoms with Gasteiger partial charge in [0, 0.05) is 44.0 Å². The number of nitrogens with one attached hydrogen (secondary N) is 3. The molecule has 0 bridgehead atoms. The number of halogens is 4. The molecule has 0 unspecified atom stereocenters. The van der Waals surface area contributed by atoms with Gasteiger partial charge in [0.2, 0.25) is 11.8 Å². The zero-order valence-electron chi connectivity index (χ0n) is 37.1. The van der Waals surface area contributed by atoms with Gasteiger partial charge < -0.3 is 20.6 Å². The van der Waals surface area contributed by atoms with Crippen molar-refractivity contribution in [2.24, 2.45) is 11.8 Å². The number of benzene rings is 3. The number of fused-ring (bicyclic) bond motifs is 1. The van der Waals surface area contributed by atoms with Crippen molar-refractivity contribution in [3.8, 4) is 5.75 Å². The monoisotopic (exact) mass is 948 g/mol. The molecule has 12 nitrogen and oxygen atoms in total. The molecule has 2 aliphatic rings. The Hall–Kier alpha value is -4.61. The molecule has 0 radical (unpaired) electrons. The van der Waals surface area contributed by atoms with E-state index in [0.717, 1.165) is 12.8 Å². The number of phenols is 1. The number of hydrogen-bond donors (Lipinski definition) is 4. The lowest BCUT2D eigenvalue weighted by atomic mass is 9.79. The number of alkyl halides is 3. The predicted octanol–water partition coefficient (Wildman–Crippen LogP) is 8.08. The first-order valence-electron chi connectivity index (χ1n) is 21.1. The Balaban J connectivity index is 1.48. The Morgan fingerprint density at radius 1 is 0.828 bits per heavy atom. The van der Waals surface area contributed by atoms with Crippen molar-refractivity contribution in [1.82, 2.24) is 20.3 Å². The Morgan fingerprint density at radius 2 is 1.36 bits per heavy atom.